The van der Waals surface area contributed by atoms with Crippen molar-refractivity contribution in [1.29, 1.82) is 0 Å². The molecular formula is C24H52CaO29. The second-order valence-corrected chi connectivity index (χ2v) is 10.6. The summed E-state index contributed by atoms with van der Waals surface area (Å²) in [6, 6.07) is 0. The van der Waals surface area contributed by atoms with Crippen LogP contribution in [0.1, 0.15) is 0 Å². The number of aliphatic hydroxyl groups excluding tert-OH is 16. The van der Waals surface area contributed by atoms with Gasteiger partial charge in [-0.1, -0.05) is 0 Å². The van der Waals surface area contributed by atoms with E-state index in [-0.39, 0.29) is 65.1 Å². The van der Waals surface area contributed by atoms with Crippen molar-refractivity contribution >= 4 is 49.7 Å². The molecule has 54 heavy (non-hydrogen) atoms. The van der Waals surface area contributed by atoms with E-state index in [9.17, 15) is 81.1 Å². The van der Waals surface area contributed by atoms with Crippen molar-refractivity contribution < 1.29 is 148 Å². The van der Waals surface area contributed by atoms with E-state index >= 15 is 0 Å². The van der Waals surface area contributed by atoms with Crippen LogP contribution in [0.2, 0.25) is 0 Å². The predicted octanol–water partition coefficient (Wildman–Crippen LogP) is -18.5. The molecule has 0 radical (unpaired) electrons. The van der Waals surface area contributed by atoms with Crippen LogP contribution in [0.3, 0.4) is 0 Å². The van der Waals surface area contributed by atoms with Gasteiger partial charge < -0.3 is 148 Å². The fourth-order valence-electron chi connectivity index (χ4n) is 4.31. The molecule has 0 aromatic rings. The largest absolute Gasteiger partial charge is 2.00 e. The maximum absolute atomic E-state index is 10.6. The van der Waals surface area contributed by atoms with E-state index in [1.165, 1.54) is 0 Å². The van der Waals surface area contributed by atoms with Crippen LogP contribution in [0.4, 0.5) is 0 Å². The molecule has 2 saturated heterocycles. The van der Waals surface area contributed by atoms with E-state index in [1.807, 2.05) is 0 Å². The zero-order chi connectivity index (χ0) is 37.2. The maximum atomic E-state index is 10.6. The summed E-state index contributed by atoms with van der Waals surface area (Å²) in [6.45, 7) is -3.58. The smallest absolute Gasteiger partial charge is 0.547 e. The number of carbonyl (C=O) groups excluding carboxylic acids is 2. The Morgan fingerprint density at radius 3 is 0.981 bits per heavy atom. The summed E-state index contributed by atoms with van der Waals surface area (Å²) in [5.74, 6) is -4.18. The molecule has 2 aliphatic rings. The summed E-state index contributed by atoms with van der Waals surface area (Å²) in [6.07, 6.45) is -34.5. The molecule has 324 valence electrons. The van der Waals surface area contributed by atoms with Gasteiger partial charge in [0.15, 0.2) is 12.6 Å². The number of hydrogen-bond acceptors (Lipinski definition) is 24. The van der Waals surface area contributed by atoms with Gasteiger partial charge in [-0.3, -0.25) is 0 Å². The summed E-state index contributed by atoms with van der Waals surface area (Å²) < 4.78 is 19.9. The molecule has 0 unspecified atom stereocenters. The Morgan fingerprint density at radius 1 is 0.519 bits per heavy atom. The van der Waals surface area contributed by atoms with Gasteiger partial charge in [0.25, 0.3) is 0 Å². The molecule has 2 fully saturated rings. The van der Waals surface area contributed by atoms with Crippen LogP contribution in [-0.4, -0.2) is 295 Å². The second-order valence-electron chi connectivity index (χ2n) is 10.6. The molecule has 29 nitrogen and oxygen atoms in total. The van der Waals surface area contributed by atoms with Crippen LogP contribution in [0, 0.1) is 0 Å². The van der Waals surface area contributed by atoms with E-state index in [2.05, 4.69) is 0 Å². The second kappa shape index (κ2) is 30.3. The van der Waals surface area contributed by atoms with E-state index < -0.39 is 149 Å². The quantitative estimate of drug-likeness (QED) is 0.0641. The summed E-state index contributed by atoms with van der Waals surface area (Å²) >= 11 is 0. The molecule has 30 heteroatoms. The Morgan fingerprint density at radius 2 is 0.778 bits per heavy atom. The minimum atomic E-state index is -2.50. The number of carboxylic acid groups (broad SMARTS) is 2. The Bertz CT molecular complexity index is 893. The zero-order valence-electron chi connectivity index (χ0n) is 27.8. The molecule has 0 spiro atoms. The zero-order valence-corrected chi connectivity index (χ0v) is 30.1. The number of aliphatic carboxylic acids is 2. The Kier molecular flexibility index (Phi) is 36.5. The van der Waals surface area contributed by atoms with Crippen molar-refractivity contribution in [3.63, 3.8) is 0 Å². The molecule has 2 heterocycles. The van der Waals surface area contributed by atoms with Crippen LogP contribution in [0.15, 0.2) is 0 Å². The topological polar surface area (TPSA) is 598 Å². The van der Waals surface area contributed by atoms with Crippen molar-refractivity contribution in [2.45, 2.75) is 110 Å². The van der Waals surface area contributed by atoms with Gasteiger partial charge in [0.05, 0.1) is 38.4 Å². The van der Waals surface area contributed by atoms with E-state index in [1.54, 1.807) is 0 Å². The molecule has 0 bridgehead atoms. The Balaban J connectivity index is -0.000000192. The van der Waals surface area contributed by atoms with Crippen molar-refractivity contribution in [3.8, 4) is 0 Å². The van der Waals surface area contributed by atoms with Crippen LogP contribution in [0.25, 0.3) is 0 Å². The Hall–Kier alpha value is -0.800. The normalized spacial score (nSPS) is 31.9. The first kappa shape index (κ1) is 65.1. The maximum Gasteiger partial charge on any atom is 2.00 e. The van der Waals surface area contributed by atoms with Gasteiger partial charge in [0.1, 0.15) is 97.7 Å². The first-order valence-electron chi connectivity index (χ1n) is 13.9. The number of hydrogen-bond donors (Lipinski definition) is 16. The molecular weight excluding hydrogens is 792 g/mol. The molecule has 0 saturated carbocycles. The molecule has 0 aliphatic carbocycles. The molecule has 0 amide bonds. The third kappa shape index (κ3) is 17.0. The molecule has 2 rings (SSSR count). The minimum absolute atomic E-state index is 0. The molecule has 26 N–H and O–H groups in total. The first-order valence-corrected chi connectivity index (χ1v) is 13.9. The number of carboxylic acids is 2. The van der Waals surface area contributed by atoms with Crippen molar-refractivity contribution in [3.05, 3.63) is 0 Å². The third-order valence-corrected chi connectivity index (χ3v) is 7.22. The average Bonchev–Trinajstić information content (AvgIpc) is 3.07. The average molecular weight is 845 g/mol. The molecule has 18 atom stereocenters. The van der Waals surface area contributed by atoms with Crippen molar-refractivity contribution in [2.75, 3.05) is 26.4 Å². The number of ether oxygens (including phenoxy) is 4. The summed E-state index contributed by atoms with van der Waals surface area (Å²) in [5.41, 5.74) is 0. The van der Waals surface area contributed by atoms with Crippen LogP contribution in [0.5, 0.6) is 0 Å². The minimum Gasteiger partial charge on any atom is -0.547 e. The summed E-state index contributed by atoms with van der Waals surface area (Å²) in [5, 5.41) is 173. The van der Waals surface area contributed by atoms with Gasteiger partial charge in [0, 0.05) is 0 Å². The molecule has 0 aromatic carbocycles. The van der Waals surface area contributed by atoms with Crippen LogP contribution < -0.4 is 10.2 Å². The van der Waals surface area contributed by atoms with Gasteiger partial charge in [0.2, 0.25) is 0 Å². The van der Waals surface area contributed by atoms with Gasteiger partial charge in [-0.05, 0) is 0 Å². The van der Waals surface area contributed by atoms with Crippen LogP contribution >= 0.6 is 0 Å². The van der Waals surface area contributed by atoms with E-state index in [0.29, 0.717) is 0 Å². The van der Waals surface area contributed by atoms with Gasteiger partial charge in [-0.25, -0.2) is 0 Å². The Labute approximate surface area is 333 Å². The van der Waals surface area contributed by atoms with Crippen molar-refractivity contribution in [2.24, 2.45) is 0 Å². The monoisotopic (exact) mass is 844 g/mol. The van der Waals surface area contributed by atoms with Gasteiger partial charge >= 0.3 is 37.7 Å². The van der Waals surface area contributed by atoms with Gasteiger partial charge in [-0.15, -0.1) is 0 Å². The fourth-order valence-corrected chi connectivity index (χ4v) is 4.31. The standard InChI is InChI=1S/2C12H22O12.Ca.5H2O/c2*13-1-3(15)10(7(18)8(19)11(21)22)24-12-9(20)6(17)5(16)4(2-14)23-12;;;;;;/h2*3-10,12-20H,1-2H2,(H,21,22);;5*1H2/q;;+2;;;;;/p-2/t2*3-,4-,5+,6+,7-,8-,9-,10-,12+;;;;;;/m11....../s1. The van der Waals surface area contributed by atoms with E-state index in [4.69, 9.17) is 39.4 Å². The number of aliphatic hydroxyl groups is 16. The van der Waals surface area contributed by atoms with E-state index in [0.717, 1.165) is 0 Å². The number of rotatable bonds is 16. The SMILES string of the molecule is O.O.O.O.O.O=C([O-])[C@H](O)[C@@H](O)[C@H](O[C@@H]1O[C@H](CO)[C@H](O)[C@H](O)[C@H]1O)[C@H](O)CO.O=C([O-])[C@H](O)[C@@H](O)[C@H](O[C@@H]1O[C@H](CO)[C@H](O)[C@H](O)[C@H]1O)[C@H](O)CO.[Ca+2]. The van der Waals surface area contributed by atoms with Gasteiger partial charge in [-0.2, -0.15) is 0 Å². The third-order valence-electron chi connectivity index (χ3n) is 7.22. The fraction of sp³-hybridized carbons (Fsp3) is 0.917. The molecule has 0 aromatic heterocycles. The molecule has 2 aliphatic heterocycles. The van der Waals surface area contributed by atoms with Crippen molar-refractivity contribution in [1.82, 2.24) is 0 Å². The predicted molar refractivity (Wildman–Crippen MR) is 161 cm³/mol. The first-order chi connectivity index (χ1) is 22.3. The van der Waals surface area contributed by atoms with Crippen LogP contribution in [-0.2, 0) is 28.5 Å². The summed E-state index contributed by atoms with van der Waals surface area (Å²) in [4.78, 5) is 21.2. The number of carbonyl (C=O) groups is 2. The summed E-state index contributed by atoms with van der Waals surface area (Å²) in [7, 11) is 0.